The number of aryl methyl sites for hydroxylation is 1. The van der Waals surface area contributed by atoms with Crippen LogP contribution in [0.3, 0.4) is 0 Å². The molecule has 3 aromatic rings. The summed E-state index contributed by atoms with van der Waals surface area (Å²) < 4.78 is 13.0. The number of fused-ring (bicyclic) bond motifs is 2. The number of carboxylic acids is 1. The number of benzene rings is 2. The number of hydrogen-bond donors (Lipinski definition) is 1. The van der Waals surface area contributed by atoms with Gasteiger partial charge < -0.3 is 24.4 Å². The number of carbonyl (C=O) groups excluding carboxylic acids is 2. The Hall–Kier alpha value is -4.44. The highest BCUT2D eigenvalue weighted by Gasteiger charge is 2.48. The average molecular weight is 600 g/mol. The second kappa shape index (κ2) is 12.7. The van der Waals surface area contributed by atoms with Crippen molar-refractivity contribution < 1.29 is 33.5 Å². The zero-order chi connectivity index (χ0) is 30.8. The minimum Gasteiger partial charge on any atom is -0.481 e. The molecular formula is C34H39N4O6+. The summed E-state index contributed by atoms with van der Waals surface area (Å²) in [5.41, 5.74) is 3.50. The van der Waals surface area contributed by atoms with Gasteiger partial charge in [0.05, 0.1) is 18.9 Å². The standard InChI is InChI=1S/C34H38N4O6/c1-3-4-15-37(25-9-7-14-35(2)19-25)32(40)21-36-20-26(23-11-12-29-30(17-23)44-22-43-29)33(34(41)42)28(36)13-16-38-27-10-6-5-8-24(27)18-31(38)39/h5-12,14,17,19,26,28,33H,3-4,13,15-16,18,20-22H2,1-2H3/p+1/t26-,28+,33-/m1/s1. The van der Waals surface area contributed by atoms with Crippen molar-refractivity contribution >= 4 is 29.2 Å². The van der Waals surface area contributed by atoms with Crippen molar-refractivity contribution in [3.63, 3.8) is 0 Å². The molecule has 6 rings (SSSR count). The van der Waals surface area contributed by atoms with E-state index in [1.165, 1.54) is 0 Å². The molecule has 10 heteroatoms. The molecule has 0 radical (unpaired) electrons. The van der Waals surface area contributed by atoms with E-state index in [1.807, 2.05) is 88.4 Å². The molecule has 0 spiro atoms. The van der Waals surface area contributed by atoms with Gasteiger partial charge in [0.15, 0.2) is 23.9 Å². The van der Waals surface area contributed by atoms with Gasteiger partial charge in [-0.25, -0.2) is 4.57 Å². The number of nitrogens with zero attached hydrogens (tertiary/aromatic N) is 4. The molecule has 44 heavy (non-hydrogen) atoms. The lowest BCUT2D eigenvalue weighted by molar-refractivity contribution is -0.670. The number of hydrogen-bond acceptors (Lipinski definition) is 6. The van der Waals surface area contributed by atoms with Gasteiger partial charge in [-0.1, -0.05) is 37.6 Å². The second-order valence-electron chi connectivity index (χ2n) is 11.8. The molecule has 3 aliphatic rings. The first-order chi connectivity index (χ1) is 21.3. The Balaban J connectivity index is 1.30. The van der Waals surface area contributed by atoms with Crippen LogP contribution in [0.15, 0.2) is 67.0 Å². The molecule has 0 saturated carbocycles. The van der Waals surface area contributed by atoms with Gasteiger partial charge in [0, 0.05) is 43.3 Å². The van der Waals surface area contributed by atoms with Gasteiger partial charge in [0.1, 0.15) is 12.7 Å². The molecule has 3 aliphatic heterocycles. The first kappa shape index (κ1) is 29.6. The number of carbonyl (C=O) groups is 3. The number of carboxylic acid groups (broad SMARTS) is 1. The zero-order valence-corrected chi connectivity index (χ0v) is 25.2. The fraction of sp³-hybridized carbons (Fsp3) is 0.412. The Morgan fingerprint density at radius 1 is 1.09 bits per heavy atom. The van der Waals surface area contributed by atoms with Gasteiger partial charge in [-0.05, 0) is 48.2 Å². The summed E-state index contributed by atoms with van der Waals surface area (Å²) in [6.45, 7) is 3.63. The number of unbranched alkanes of at least 4 members (excludes halogenated alkanes) is 1. The number of para-hydroxylation sites is 1. The van der Waals surface area contributed by atoms with E-state index >= 15 is 0 Å². The quantitative estimate of drug-likeness (QED) is 0.337. The third-order valence-corrected chi connectivity index (χ3v) is 9.04. The lowest BCUT2D eigenvalue weighted by atomic mass is 9.84. The number of amides is 2. The van der Waals surface area contributed by atoms with E-state index in [2.05, 4.69) is 6.92 Å². The third kappa shape index (κ3) is 5.86. The average Bonchev–Trinajstić information content (AvgIpc) is 3.71. The van der Waals surface area contributed by atoms with E-state index in [-0.39, 0.29) is 31.1 Å². The Labute approximate surface area is 257 Å². The number of aliphatic carboxylic acids is 1. The highest BCUT2D eigenvalue weighted by molar-refractivity contribution is 6.01. The number of likely N-dealkylation sites (tertiary alicyclic amines) is 1. The molecule has 1 saturated heterocycles. The van der Waals surface area contributed by atoms with Crippen molar-refractivity contribution in [1.29, 1.82) is 0 Å². The van der Waals surface area contributed by atoms with E-state index < -0.39 is 17.9 Å². The molecule has 1 aromatic heterocycles. The normalized spacial score (nSPS) is 20.6. The van der Waals surface area contributed by atoms with E-state index in [1.54, 1.807) is 4.90 Å². The van der Waals surface area contributed by atoms with Crippen LogP contribution in [0.1, 0.15) is 43.2 Å². The Bertz CT molecular complexity index is 1560. The van der Waals surface area contributed by atoms with Crippen LogP contribution >= 0.6 is 0 Å². The van der Waals surface area contributed by atoms with Crippen LogP contribution in [-0.2, 0) is 27.9 Å². The maximum Gasteiger partial charge on any atom is 0.308 e. The highest BCUT2D eigenvalue weighted by atomic mass is 16.7. The van der Waals surface area contributed by atoms with Crippen LogP contribution in [0.5, 0.6) is 11.5 Å². The lowest BCUT2D eigenvalue weighted by Crippen LogP contribution is -2.46. The molecule has 230 valence electrons. The van der Waals surface area contributed by atoms with E-state index in [9.17, 15) is 19.5 Å². The maximum atomic E-state index is 14.0. The number of rotatable bonds is 11. The summed E-state index contributed by atoms with van der Waals surface area (Å²) in [5.74, 6) is -0.912. The van der Waals surface area contributed by atoms with Crippen molar-refractivity contribution in [2.24, 2.45) is 13.0 Å². The zero-order valence-electron chi connectivity index (χ0n) is 25.2. The maximum absolute atomic E-state index is 14.0. The molecular weight excluding hydrogens is 560 g/mol. The van der Waals surface area contributed by atoms with Crippen molar-refractivity contribution in [1.82, 2.24) is 4.90 Å². The fourth-order valence-corrected chi connectivity index (χ4v) is 6.86. The van der Waals surface area contributed by atoms with Crippen LogP contribution in [-0.4, -0.2) is 66.8 Å². The van der Waals surface area contributed by atoms with E-state index in [0.29, 0.717) is 44.0 Å². The monoisotopic (exact) mass is 599 g/mol. The number of anilines is 2. The summed E-state index contributed by atoms with van der Waals surface area (Å²) in [7, 11) is 1.92. The highest BCUT2D eigenvalue weighted by Crippen LogP contribution is 2.43. The van der Waals surface area contributed by atoms with Gasteiger partial charge in [-0.3, -0.25) is 19.3 Å². The predicted molar refractivity (Wildman–Crippen MR) is 164 cm³/mol. The topological polar surface area (TPSA) is 104 Å². The molecule has 0 aliphatic carbocycles. The van der Waals surface area contributed by atoms with Crippen molar-refractivity contribution in [2.45, 2.75) is 44.6 Å². The summed E-state index contributed by atoms with van der Waals surface area (Å²) >= 11 is 0. The van der Waals surface area contributed by atoms with E-state index in [0.717, 1.165) is 35.3 Å². The molecule has 0 bridgehead atoms. The lowest BCUT2D eigenvalue weighted by Gasteiger charge is -2.30. The fourth-order valence-electron chi connectivity index (χ4n) is 6.86. The minimum absolute atomic E-state index is 0.00806. The molecule has 2 amide bonds. The first-order valence-corrected chi connectivity index (χ1v) is 15.3. The minimum atomic E-state index is -0.918. The van der Waals surface area contributed by atoms with Crippen LogP contribution in [0.2, 0.25) is 0 Å². The number of pyridine rings is 1. The molecule has 1 fully saturated rings. The van der Waals surface area contributed by atoms with Crippen LogP contribution in [0.25, 0.3) is 0 Å². The van der Waals surface area contributed by atoms with Gasteiger partial charge in [0.25, 0.3) is 0 Å². The van der Waals surface area contributed by atoms with Gasteiger partial charge >= 0.3 is 5.97 Å². The van der Waals surface area contributed by atoms with Crippen LogP contribution < -0.4 is 23.8 Å². The van der Waals surface area contributed by atoms with Gasteiger partial charge in [0.2, 0.25) is 18.6 Å². The van der Waals surface area contributed by atoms with E-state index in [4.69, 9.17) is 9.47 Å². The Kier molecular flexibility index (Phi) is 8.52. The third-order valence-electron chi connectivity index (χ3n) is 9.04. The largest absolute Gasteiger partial charge is 0.481 e. The smallest absolute Gasteiger partial charge is 0.308 e. The Morgan fingerprint density at radius 2 is 1.91 bits per heavy atom. The molecule has 2 aromatic carbocycles. The second-order valence-corrected chi connectivity index (χ2v) is 11.8. The molecule has 10 nitrogen and oxygen atoms in total. The first-order valence-electron chi connectivity index (χ1n) is 15.3. The number of ether oxygens (including phenoxy) is 2. The SMILES string of the molecule is CCCCN(C(=O)CN1C[C@H](c2ccc3c(c2)OCO3)[C@@H](C(=O)O)[C@@H]1CCN1C(=O)Cc2ccccc21)c1ccc[n+](C)c1. The summed E-state index contributed by atoms with van der Waals surface area (Å²) in [5, 5.41) is 10.6. The summed E-state index contributed by atoms with van der Waals surface area (Å²) in [6.07, 6.45) is 6.40. The number of aromatic nitrogens is 1. The predicted octanol–water partition coefficient (Wildman–Crippen LogP) is 3.52. The van der Waals surface area contributed by atoms with Crippen LogP contribution in [0, 0.1) is 5.92 Å². The Morgan fingerprint density at radius 3 is 2.70 bits per heavy atom. The summed E-state index contributed by atoms with van der Waals surface area (Å²) in [4.78, 5) is 45.6. The van der Waals surface area contributed by atoms with Crippen molar-refractivity contribution in [2.75, 3.05) is 42.8 Å². The molecule has 3 atom stereocenters. The molecule has 1 N–H and O–H groups in total. The van der Waals surface area contributed by atoms with Crippen molar-refractivity contribution in [3.8, 4) is 11.5 Å². The van der Waals surface area contributed by atoms with Crippen LogP contribution in [0.4, 0.5) is 11.4 Å². The summed E-state index contributed by atoms with van der Waals surface area (Å²) in [6, 6.07) is 16.7. The van der Waals surface area contributed by atoms with Crippen molar-refractivity contribution in [3.05, 3.63) is 78.1 Å². The molecule has 4 heterocycles. The molecule has 0 unspecified atom stereocenters. The van der Waals surface area contributed by atoms with Gasteiger partial charge in [-0.2, -0.15) is 0 Å². The van der Waals surface area contributed by atoms with Gasteiger partial charge in [-0.15, -0.1) is 0 Å².